The van der Waals surface area contributed by atoms with Crippen LogP contribution in [0.25, 0.3) is 11.3 Å². The van der Waals surface area contributed by atoms with Crippen LogP contribution in [0, 0.1) is 6.92 Å². The van der Waals surface area contributed by atoms with E-state index in [0.29, 0.717) is 30.4 Å². The number of anilines is 2. The van der Waals surface area contributed by atoms with E-state index in [9.17, 15) is 4.79 Å². The highest BCUT2D eigenvalue weighted by molar-refractivity contribution is 5.95. The quantitative estimate of drug-likeness (QED) is 0.629. The van der Waals surface area contributed by atoms with Crippen LogP contribution < -0.4 is 10.6 Å². The number of nitrogens with zero attached hydrogens (tertiary/aromatic N) is 2. The first-order chi connectivity index (χ1) is 13.2. The third-order valence-electron chi connectivity index (χ3n) is 3.90. The number of carbonyl (C=O) groups is 1. The molecule has 6 heteroatoms. The highest BCUT2D eigenvalue weighted by atomic mass is 16.5. The molecule has 0 radical (unpaired) electrons. The number of hydrogen-bond acceptors (Lipinski definition) is 5. The van der Waals surface area contributed by atoms with Gasteiger partial charge in [0.05, 0.1) is 12.3 Å². The third-order valence-corrected chi connectivity index (χ3v) is 3.90. The zero-order valence-electron chi connectivity index (χ0n) is 15.4. The fourth-order valence-electron chi connectivity index (χ4n) is 2.64. The van der Waals surface area contributed by atoms with Crippen molar-refractivity contribution in [1.29, 1.82) is 0 Å². The molecular weight excluding hydrogens is 340 g/mol. The first-order valence-electron chi connectivity index (χ1n) is 8.71. The van der Waals surface area contributed by atoms with E-state index in [4.69, 9.17) is 4.74 Å². The largest absolute Gasteiger partial charge is 0.383 e. The fourth-order valence-corrected chi connectivity index (χ4v) is 2.64. The summed E-state index contributed by atoms with van der Waals surface area (Å²) in [6, 6.07) is 19.1. The second-order valence-electron chi connectivity index (χ2n) is 6.01. The van der Waals surface area contributed by atoms with E-state index in [1.54, 1.807) is 19.2 Å². The van der Waals surface area contributed by atoms with Crippen LogP contribution in [0.3, 0.4) is 0 Å². The highest BCUT2D eigenvalue weighted by Crippen LogP contribution is 2.22. The SMILES string of the molecule is COCCNC(=O)c1cccc(Nc2cc(-c3ccccc3)nc(C)n2)c1. The van der Waals surface area contributed by atoms with E-state index in [1.807, 2.05) is 55.5 Å². The summed E-state index contributed by atoms with van der Waals surface area (Å²) in [4.78, 5) is 21.2. The number of aromatic nitrogens is 2. The maximum absolute atomic E-state index is 12.2. The lowest BCUT2D eigenvalue weighted by Crippen LogP contribution is -2.26. The van der Waals surface area contributed by atoms with E-state index < -0.39 is 0 Å². The van der Waals surface area contributed by atoms with Crippen LogP contribution in [0.4, 0.5) is 11.5 Å². The first-order valence-corrected chi connectivity index (χ1v) is 8.71. The lowest BCUT2D eigenvalue weighted by atomic mass is 10.1. The Hall–Kier alpha value is -3.25. The molecule has 0 saturated heterocycles. The number of nitrogens with one attached hydrogen (secondary N) is 2. The molecule has 27 heavy (non-hydrogen) atoms. The molecule has 2 aromatic carbocycles. The van der Waals surface area contributed by atoms with Crippen molar-refractivity contribution in [2.75, 3.05) is 25.6 Å². The van der Waals surface area contributed by atoms with E-state index in [0.717, 1.165) is 16.9 Å². The zero-order chi connectivity index (χ0) is 19.1. The van der Waals surface area contributed by atoms with Gasteiger partial charge in [0.2, 0.25) is 0 Å². The molecule has 0 spiro atoms. The van der Waals surface area contributed by atoms with Crippen molar-refractivity contribution in [2.45, 2.75) is 6.92 Å². The van der Waals surface area contributed by atoms with Crippen molar-refractivity contribution in [3.63, 3.8) is 0 Å². The van der Waals surface area contributed by atoms with Gasteiger partial charge in [-0.05, 0) is 25.1 Å². The molecule has 0 aliphatic rings. The molecule has 1 heterocycles. The van der Waals surface area contributed by atoms with Crippen LogP contribution in [0.2, 0.25) is 0 Å². The second kappa shape index (κ2) is 8.91. The number of aryl methyl sites for hydroxylation is 1. The molecule has 0 unspecified atom stereocenters. The monoisotopic (exact) mass is 362 g/mol. The maximum atomic E-state index is 12.2. The van der Waals surface area contributed by atoms with Gasteiger partial charge in [0.1, 0.15) is 11.6 Å². The van der Waals surface area contributed by atoms with Gasteiger partial charge in [-0.1, -0.05) is 36.4 Å². The average Bonchev–Trinajstić information content (AvgIpc) is 2.68. The Kier molecular flexibility index (Phi) is 6.12. The van der Waals surface area contributed by atoms with Gasteiger partial charge in [-0.15, -0.1) is 0 Å². The van der Waals surface area contributed by atoms with E-state index >= 15 is 0 Å². The Morgan fingerprint density at radius 3 is 2.63 bits per heavy atom. The van der Waals surface area contributed by atoms with Crippen LogP contribution in [-0.2, 0) is 4.74 Å². The summed E-state index contributed by atoms with van der Waals surface area (Å²) < 4.78 is 4.95. The standard InChI is InChI=1S/C21H22N4O2/c1-15-23-19(16-7-4-3-5-8-16)14-20(24-15)25-18-10-6-9-17(13-18)21(26)22-11-12-27-2/h3-10,13-14H,11-12H2,1-2H3,(H,22,26)(H,23,24,25). The minimum Gasteiger partial charge on any atom is -0.383 e. The van der Waals surface area contributed by atoms with Crippen LogP contribution in [0.15, 0.2) is 60.7 Å². The van der Waals surface area contributed by atoms with Crippen LogP contribution in [-0.4, -0.2) is 36.1 Å². The van der Waals surface area contributed by atoms with Crippen LogP contribution in [0.1, 0.15) is 16.2 Å². The zero-order valence-corrected chi connectivity index (χ0v) is 15.4. The van der Waals surface area contributed by atoms with Gasteiger partial charge in [-0.2, -0.15) is 0 Å². The summed E-state index contributed by atoms with van der Waals surface area (Å²) in [5.74, 6) is 1.21. The van der Waals surface area contributed by atoms with E-state index in [-0.39, 0.29) is 5.91 Å². The lowest BCUT2D eigenvalue weighted by molar-refractivity contribution is 0.0937. The van der Waals surface area contributed by atoms with E-state index in [2.05, 4.69) is 20.6 Å². The summed E-state index contributed by atoms with van der Waals surface area (Å²) >= 11 is 0. The Morgan fingerprint density at radius 2 is 1.85 bits per heavy atom. The first kappa shape index (κ1) is 18.5. The van der Waals surface area contributed by atoms with Crippen molar-refractivity contribution in [3.8, 4) is 11.3 Å². The van der Waals surface area contributed by atoms with Gasteiger partial charge >= 0.3 is 0 Å². The summed E-state index contributed by atoms with van der Waals surface area (Å²) in [6.45, 7) is 2.81. The van der Waals surface area contributed by atoms with Crippen LogP contribution >= 0.6 is 0 Å². The van der Waals surface area contributed by atoms with Crippen molar-refractivity contribution < 1.29 is 9.53 Å². The van der Waals surface area contributed by atoms with Gasteiger partial charge in [0.25, 0.3) is 5.91 Å². The van der Waals surface area contributed by atoms with Gasteiger partial charge in [0.15, 0.2) is 0 Å². The molecule has 2 N–H and O–H groups in total. The molecule has 0 bridgehead atoms. The Bertz CT molecular complexity index is 913. The summed E-state index contributed by atoms with van der Waals surface area (Å²) in [5, 5.41) is 6.07. The molecule has 6 nitrogen and oxygen atoms in total. The number of rotatable bonds is 7. The van der Waals surface area contributed by atoms with Gasteiger partial charge in [-0.25, -0.2) is 9.97 Å². The van der Waals surface area contributed by atoms with Crippen LogP contribution in [0.5, 0.6) is 0 Å². The topological polar surface area (TPSA) is 76.1 Å². The summed E-state index contributed by atoms with van der Waals surface area (Å²) in [5.41, 5.74) is 3.23. The Morgan fingerprint density at radius 1 is 1.04 bits per heavy atom. The predicted octanol–water partition coefficient (Wildman–Crippen LogP) is 3.57. The smallest absolute Gasteiger partial charge is 0.251 e. The molecule has 0 atom stereocenters. The number of carbonyl (C=O) groups excluding carboxylic acids is 1. The molecule has 138 valence electrons. The normalized spacial score (nSPS) is 10.4. The fraction of sp³-hybridized carbons (Fsp3) is 0.190. The second-order valence-corrected chi connectivity index (χ2v) is 6.01. The average molecular weight is 362 g/mol. The molecule has 0 aliphatic heterocycles. The summed E-state index contributed by atoms with van der Waals surface area (Å²) in [7, 11) is 1.60. The molecule has 3 rings (SSSR count). The molecule has 3 aromatic rings. The minimum absolute atomic E-state index is 0.139. The molecule has 1 amide bonds. The minimum atomic E-state index is -0.139. The van der Waals surface area contributed by atoms with Gasteiger partial charge < -0.3 is 15.4 Å². The highest BCUT2D eigenvalue weighted by Gasteiger charge is 2.08. The third kappa shape index (κ3) is 5.12. The molecule has 1 aromatic heterocycles. The Balaban J connectivity index is 1.78. The molecule has 0 fully saturated rings. The lowest BCUT2D eigenvalue weighted by Gasteiger charge is -2.10. The Labute approximate surface area is 158 Å². The van der Waals surface area contributed by atoms with Crippen molar-refractivity contribution >= 4 is 17.4 Å². The van der Waals surface area contributed by atoms with Crippen molar-refractivity contribution in [2.24, 2.45) is 0 Å². The number of methoxy groups -OCH3 is 1. The molecule has 0 aliphatic carbocycles. The number of ether oxygens (including phenoxy) is 1. The maximum Gasteiger partial charge on any atom is 0.251 e. The molecular formula is C21H22N4O2. The van der Waals surface area contributed by atoms with Gasteiger partial charge in [0, 0.05) is 36.5 Å². The predicted molar refractivity (Wildman–Crippen MR) is 106 cm³/mol. The summed E-state index contributed by atoms with van der Waals surface area (Å²) in [6.07, 6.45) is 0. The number of amides is 1. The van der Waals surface area contributed by atoms with Crippen molar-refractivity contribution in [3.05, 3.63) is 72.1 Å². The molecule has 0 saturated carbocycles. The van der Waals surface area contributed by atoms with Gasteiger partial charge in [-0.3, -0.25) is 4.79 Å². The van der Waals surface area contributed by atoms with Crippen molar-refractivity contribution in [1.82, 2.24) is 15.3 Å². The number of benzene rings is 2. The van der Waals surface area contributed by atoms with E-state index in [1.165, 1.54) is 0 Å². The number of hydrogen-bond donors (Lipinski definition) is 2.